The molecule has 0 aromatic carbocycles. The molecular formula is C11H18N4S. The van der Waals surface area contributed by atoms with Crippen LogP contribution in [0.2, 0.25) is 0 Å². The molecule has 0 radical (unpaired) electrons. The van der Waals surface area contributed by atoms with Crippen LogP contribution in [-0.4, -0.2) is 40.6 Å². The van der Waals surface area contributed by atoms with E-state index in [1.54, 1.807) is 6.20 Å². The predicted octanol–water partition coefficient (Wildman–Crippen LogP) is 1.85. The van der Waals surface area contributed by atoms with E-state index in [4.69, 9.17) is 0 Å². The molecular weight excluding hydrogens is 220 g/mol. The van der Waals surface area contributed by atoms with Crippen LogP contribution in [0.3, 0.4) is 0 Å². The second-order valence-electron chi connectivity index (χ2n) is 4.54. The highest BCUT2D eigenvalue weighted by Gasteiger charge is 2.27. The van der Waals surface area contributed by atoms with Gasteiger partial charge in [-0.2, -0.15) is 11.8 Å². The van der Waals surface area contributed by atoms with Crippen LogP contribution in [0, 0.1) is 0 Å². The summed E-state index contributed by atoms with van der Waals surface area (Å²) in [4.78, 5) is 11.0. The quantitative estimate of drug-likeness (QED) is 0.851. The molecule has 1 aliphatic heterocycles. The lowest BCUT2D eigenvalue weighted by atomic mass is 10.2. The van der Waals surface area contributed by atoms with Crippen molar-refractivity contribution in [2.45, 2.75) is 18.6 Å². The van der Waals surface area contributed by atoms with Gasteiger partial charge < -0.3 is 10.2 Å². The van der Waals surface area contributed by atoms with Crippen LogP contribution >= 0.6 is 11.8 Å². The molecule has 2 rings (SSSR count). The zero-order chi connectivity index (χ0) is 11.6. The zero-order valence-corrected chi connectivity index (χ0v) is 10.8. The normalized spacial score (nSPS) is 19.6. The van der Waals surface area contributed by atoms with Gasteiger partial charge in [-0.05, 0) is 13.8 Å². The van der Waals surface area contributed by atoms with E-state index in [0.717, 1.165) is 30.5 Å². The maximum Gasteiger partial charge on any atom is 0.149 e. The molecule has 0 aliphatic carbocycles. The fourth-order valence-electron chi connectivity index (χ4n) is 1.84. The molecule has 4 nitrogen and oxygen atoms in total. The van der Waals surface area contributed by atoms with Crippen molar-refractivity contribution in [2.75, 3.05) is 36.1 Å². The highest BCUT2D eigenvalue weighted by atomic mass is 32.2. The van der Waals surface area contributed by atoms with Crippen LogP contribution in [0.1, 0.15) is 13.8 Å². The Bertz CT molecular complexity index is 367. The van der Waals surface area contributed by atoms with Crippen molar-refractivity contribution >= 4 is 23.4 Å². The van der Waals surface area contributed by atoms with Gasteiger partial charge in [-0.25, -0.2) is 4.98 Å². The summed E-state index contributed by atoms with van der Waals surface area (Å²) >= 11 is 2.02. The summed E-state index contributed by atoms with van der Waals surface area (Å²) in [6.45, 7) is 6.63. The number of hydrogen-bond donors (Lipinski definition) is 1. The summed E-state index contributed by atoms with van der Waals surface area (Å²) in [5, 5.41) is 3.02. The van der Waals surface area contributed by atoms with E-state index in [1.807, 2.05) is 25.0 Å². The summed E-state index contributed by atoms with van der Waals surface area (Å²) in [5.74, 6) is 2.95. The monoisotopic (exact) mass is 238 g/mol. The first-order valence-electron chi connectivity index (χ1n) is 5.49. The van der Waals surface area contributed by atoms with Crippen molar-refractivity contribution in [2.24, 2.45) is 0 Å². The zero-order valence-electron chi connectivity index (χ0n) is 10.0. The third-order valence-corrected chi connectivity index (χ3v) is 3.92. The Morgan fingerprint density at radius 2 is 2.25 bits per heavy atom. The van der Waals surface area contributed by atoms with Crippen molar-refractivity contribution in [3.8, 4) is 0 Å². The molecule has 1 aromatic rings. The van der Waals surface area contributed by atoms with Gasteiger partial charge in [0.05, 0.1) is 12.4 Å². The van der Waals surface area contributed by atoms with E-state index in [0.29, 0.717) is 4.75 Å². The lowest BCUT2D eigenvalue weighted by Gasteiger charge is -2.38. The number of rotatable bonds is 2. The molecule has 0 atom stereocenters. The molecule has 0 bridgehead atoms. The number of thioether (sulfide) groups is 1. The van der Waals surface area contributed by atoms with E-state index in [9.17, 15) is 0 Å². The Hall–Kier alpha value is -0.970. The SMILES string of the molecule is CNc1cncc(N2CCSC(C)(C)C2)n1. The van der Waals surface area contributed by atoms with Gasteiger partial charge in [-0.15, -0.1) is 0 Å². The highest BCUT2D eigenvalue weighted by Crippen LogP contribution is 2.31. The Balaban J connectivity index is 2.16. The number of anilines is 2. The molecule has 1 aromatic heterocycles. The van der Waals surface area contributed by atoms with Crippen LogP contribution in [0.4, 0.5) is 11.6 Å². The number of nitrogens with one attached hydrogen (secondary N) is 1. The minimum atomic E-state index is 0.301. The first-order valence-corrected chi connectivity index (χ1v) is 6.48. The fraction of sp³-hybridized carbons (Fsp3) is 0.636. The van der Waals surface area contributed by atoms with Gasteiger partial charge in [-0.1, -0.05) is 0 Å². The van der Waals surface area contributed by atoms with E-state index < -0.39 is 0 Å². The average molecular weight is 238 g/mol. The van der Waals surface area contributed by atoms with Crippen molar-refractivity contribution in [1.29, 1.82) is 0 Å². The van der Waals surface area contributed by atoms with Crippen molar-refractivity contribution < 1.29 is 0 Å². The molecule has 88 valence electrons. The lowest BCUT2D eigenvalue weighted by molar-refractivity contribution is 0.641. The Labute approximate surface area is 101 Å². The number of nitrogens with zero attached hydrogens (tertiary/aromatic N) is 3. The summed E-state index contributed by atoms with van der Waals surface area (Å²) in [6, 6.07) is 0. The van der Waals surface area contributed by atoms with Gasteiger partial charge in [0.1, 0.15) is 11.6 Å². The smallest absolute Gasteiger partial charge is 0.149 e. The van der Waals surface area contributed by atoms with Gasteiger partial charge in [0.2, 0.25) is 0 Å². The first-order chi connectivity index (χ1) is 7.61. The average Bonchev–Trinajstić information content (AvgIpc) is 2.28. The molecule has 0 unspecified atom stereocenters. The molecule has 0 amide bonds. The number of hydrogen-bond acceptors (Lipinski definition) is 5. The summed E-state index contributed by atoms with van der Waals surface area (Å²) in [6.07, 6.45) is 3.58. The molecule has 1 aliphatic rings. The highest BCUT2D eigenvalue weighted by molar-refractivity contribution is 8.00. The van der Waals surface area contributed by atoms with Crippen molar-refractivity contribution in [3.05, 3.63) is 12.4 Å². The maximum absolute atomic E-state index is 4.52. The molecule has 2 heterocycles. The third-order valence-electron chi connectivity index (χ3n) is 2.63. The topological polar surface area (TPSA) is 41.1 Å². The Kier molecular flexibility index (Phi) is 3.23. The van der Waals surface area contributed by atoms with Gasteiger partial charge in [0, 0.05) is 30.6 Å². The Morgan fingerprint density at radius 3 is 2.94 bits per heavy atom. The van der Waals surface area contributed by atoms with E-state index in [2.05, 4.69) is 34.0 Å². The van der Waals surface area contributed by atoms with Gasteiger partial charge in [0.15, 0.2) is 0 Å². The molecule has 1 N–H and O–H groups in total. The van der Waals surface area contributed by atoms with Crippen LogP contribution in [0.25, 0.3) is 0 Å². The fourth-order valence-corrected chi connectivity index (χ4v) is 2.95. The summed E-state index contributed by atoms with van der Waals surface area (Å²) < 4.78 is 0.301. The van der Waals surface area contributed by atoms with E-state index >= 15 is 0 Å². The molecule has 1 saturated heterocycles. The summed E-state index contributed by atoms with van der Waals surface area (Å²) in [5.41, 5.74) is 0. The standard InChI is InChI=1S/C11H18N4S/c1-11(2)8-15(4-5-16-11)10-7-13-6-9(12-3)14-10/h6-7H,4-5,8H2,1-3H3,(H,12,14). The van der Waals surface area contributed by atoms with Crippen LogP contribution in [0.15, 0.2) is 12.4 Å². The first kappa shape index (κ1) is 11.5. The van der Waals surface area contributed by atoms with E-state index in [-0.39, 0.29) is 0 Å². The van der Waals surface area contributed by atoms with Crippen LogP contribution in [0.5, 0.6) is 0 Å². The minimum Gasteiger partial charge on any atom is -0.372 e. The van der Waals surface area contributed by atoms with Crippen LogP contribution in [-0.2, 0) is 0 Å². The van der Waals surface area contributed by atoms with Crippen LogP contribution < -0.4 is 10.2 Å². The number of aromatic nitrogens is 2. The molecule has 1 fully saturated rings. The van der Waals surface area contributed by atoms with Crippen molar-refractivity contribution in [1.82, 2.24) is 9.97 Å². The second kappa shape index (κ2) is 4.49. The van der Waals surface area contributed by atoms with Gasteiger partial charge >= 0.3 is 0 Å². The minimum absolute atomic E-state index is 0.301. The van der Waals surface area contributed by atoms with Crippen molar-refractivity contribution in [3.63, 3.8) is 0 Å². The molecule has 0 saturated carbocycles. The Morgan fingerprint density at radius 1 is 1.44 bits per heavy atom. The predicted molar refractivity (Wildman–Crippen MR) is 70.3 cm³/mol. The second-order valence-corrected chi connectivity index (χ2v) is 6.34. The largest absolute Gasteiger partial charge is 0.372 e. The lowest BCUT2D eigenvalue weighted by Crippen LogP contribution is -2.43. The summed E-state index contributed by atoms with van der Waals surface area (Å²) in [7, 11) is 1.86. The molecule has 0 spiro atoms. The molecule has 16 heavy (non-hydrogen) atoms. The third kappa shape index (κ3) is 2.58. The maximum atomic E-state index is 4.52. The van der Waals surface area contributed by atoms with E-state index in [1.165, 1.54) is 0 Å². The van der Waals surface area contributed by atoms with Gasteiger partial charge in [-0.3, -0.25) is 4.98 Å². The van der Waals surface area contributed by atoms with Gasteiger partial charge in [0.25, 0.3) is 0 Å². The molecule has 5 heteroatoms.